The van der Waals surface area contributed by atoms with Crippen LogP contribution in [0.3, 0.4) is 0 Å². The van der Waals surface area contributed by atoms with Gasteiger partial charge in [0.15, 0.2) is 5.16 Å². The summed E-state index contributed by atoms with van der Waals surface area (Å²) >= 11 is 7.67. The van der Waals surface area contributed by atoms with Gasteiger partial charge in [-0.25, -0.2) is 9.78 Å². The molecule has 2 aromatic heterocycles. The predicted octanol–water partition coefficient (Wildman–Crippen LogP) is 4.71. The van der Waals surface area contributed by atoms with Gasteiger partial charge in [-0.15, -0.1) is 0 Å². The number of carbonyl (C=O) groups is 1. The van der Waals surface area contributed by atoms with E-state index in [0.717, 1.165) is 0 Å². The number of fused-ring (bicyclic) bond motifs is 1. The summed E-state index contributed by atoms with van der Waals surface area (Å²) < 4.78 is 11.7. The molecule has 0 bridgehead atoms. The summed E-state index contributed by atoms with van der Waals surface area (Å²) in [5, 5.41) is 1.42. The minimum absolute atomic E-state index is 0.123. The molecule has 2 heterocycles. The van der Waals surface area contributed by atoms with Crippen molar-refractivity contribution in [1.82, 2.24) is 9.55 Å². The highest BCUT2D eigenvalue weighted by molar-refractivity contribution is 7.98. The SMILES string of the molecule is COC(=O)c1ccc(CSc2nc3ccccc3c(=O)n2-c2ccccc2Cl)o1. The number of furan rings is 1. The van der Waals surface area contributed by atoms with Gasteiger partial charge >= 0.3 is 5.97 Å². The summed E-state index contributed by atoms with van der Waals surface area (Å²) in [5.41, 5.74) is 0.938. The van der Waals surface area contributed by atoms with Crippen LogP contribution in [0.4, 0.5) is 0 Å². The van der Waals surface area contributed by atoms with Gasteiger partial charge in [-0.3, -0.25) is 9.36 Å². The fourth-order valence-electron chi connectivity index (χ4n) is 2.86. The van der Waals surface area contributed by atoms with Gasteiger partial charge in [-0.2, -0.15) is 0 Å². The number of carbonyl (C=O) groups excluding carboxylic acids is 1. The number of thioether (sulfide) groups is 1. The summed E-state index contributed by atoms with van der Waals surface area (Å²) in [6.45, 7) is 0. The largest absolute Gasteiger partial charge is 0.463 e. The Balaban J connectivity index is 1.78. The monoisotopic (exact) mass is 426 g/mol. The number of methoxy groups -OCH3 is 1. The molecular weight excluding hydrogens is 412 g/mol. The Hall–Kier alpha value is -3.03. The van der Waals surface area contributed by atoms with E-state index in [1.807, 2.05) is 12.1 Å². The molecule has 0 aliphatic carbocycles. The first-order chi connectivity index (χ1) is 14.1. The first kappa shape index (κ1) is 19.3. The molecular formula is C21H15ClN2O4S. The average Bonchev–Trinajstić information content (AvgIpc) is 3.22. The number of nitrogens with zero attached hydrogens (tertiary/aromatic N) is 2. The van der Waals surface area contributed by atoms with E-state index >= 15 is 0 Å². The van der Waals surface area contributed by atoms with Crippen LogP contribution in [0.5, 0.6) is 0 Å². The number of para-hydroxylation sites is 2. The molecule has 0 saturated heterocycles. The van der Waals surface area contributed by atoms with Crippen molar-refractivity contribution < 1.29 is 13.9 Å². The van der Waals surface area contributed by atoms with Crippen LogP contribution < -0.4 is 5.56 Å². The van der Waals surface area contributed by atoms with Crippen molar-refractivity contribution in [2.45, 2.75) is 10.9 Å². The molecule has 0 amide bonds. The second-order valence-electron chi connectivity index (χ2n) is 6.05. The van der Waals surface area contributed by atoms with Crippen LogP contribution in [-0.2, 0) is 10.5 Å². The summed E-state index contributed by atoms with van der Waals surface area (Å²) in [6, 6.07) is 17.5. The lowest BCUT2D eigenvalue weighted by Gasteiger charge is -2.14. The highest BCUT2D eigenvalue weighted by atomic mass is 35.5. The Morgan fingerprint density at radius 1 is 1.14 bits per heavy atom. The zero-order valence-corrected chi connectivity index (χ0v) is 16.9. The number of rotatable bonds is 5. The summed E-state index contributed by atoms with van der Waals surface area (Å²) in [4.78, 5) is 29.4. The Morgan fingerprint density at radius 3 is 2.69 bits per heavy atom. The molecule has 0 saturated carbocycles. The standard InChI is InChI=1S/C21H15ClN2O4S/c1-27-20(26)18-11-10-13(28-18)12-29-21-23-16-8-4-2-6-14(16)19(25)24(21)17-9-5-3-7-15(17)22/h2-11H,12H2,1H3. The van der Waals surface area contributed by atoms with Crippen LogP contribution in [-0.4, -0.2) is 22.6 Å². The van der Waals surface area contributed by atoms with Crippen LogP contribution in [0.1, 0.15) is 16.3 Å². The molecule has 0 radical (unpaired) electrons. The molecule has 2 aromatic carbocycles. The second-order valence-corrected chi connectivity index (χ2v) is 7.40. The maximum Gasteiger partial charge on any atom is 0.373 e. The summed E-state index contributed by atoms with van der Waals surface area (Å²) in [5.74, 6) is 0.506. The molecule has 8 heteroatoms. The van der Waals surface area contributed by atoms with Crippen molar-refractivity contribution in [3.8, 4) is 5.69 Å². The van der Waals surface area contributed by atoms with Gasteiger partial charge < -0.3 is 9.15 Å². The van der Waals surface area contributed by atoms with Crippen LogP contribution in [0.15, 0.2) is 75.0 Å². The fraction of sp³-hybridized carbons (Fsp3) is 0.0952. The molecule has 0 aliphatic heterocycles. The molecule has 0 unspecified atom stereocenters. The normalized spacial score (nSPS) is 11.0. The molecule has 0 N–H and O–H groups in total. The topological polar surface area (TPSA) is 74.3 Å². The Morgan fingerprint density at radius 2 is 1.90 bits per heavy atom. The van der Waals surface area contributed by atoms with E-state index in [-0.39, 0.29) is 11.3 Å². The highest BCUT2D eigenvalue weighted by Crippen LogP contribution is 2.28. The van der Waals surface area contributed by atoms with Crippen LogP contribution in [0.25, 0.3) is 16.6 Å². The maximum atomic E-state index is 13.2. The van der Waals surface area contributed by atoms with Gasteiger partial charge in [0.1, 0.15) is 5.76 Å². The van der Waals surface area contributed by atoms with Crippen molar-refractivity contribution in [2.24, 2.45) is 0 Å². The number of benzene rings is 2. The summed E-state index contributed by atoms with van der Waals surface area (Å²) in [6.07, 6.45) is 0. The van der Waals surface area contributed by atoms with Gasteiger partial charge in [0.05, 0.1) is 34.5 Å². The molecule has 4 aromatic rings. The lowest BCUT2D eigenvalue weighted by Crippen LogP contribution is -2.22. The lowest BCUT2D eigenvalue weighted by atomic mass is 10.2. The first-order valence-electron chi connectivity index (χ1n) is 8.65. The third kappa shape index (κ3) is 3.79. The molecule has 0 aliphatic rings. The fourth-order valence-corrected chi connectivity index (χ4v) is 3.98. The lowest BCUT2D eigenvalue weighted by molar-refractivity contribution is 0.0563. The highest BCUT2D eigenvalue weighted by Gasteiger charge is 2.17. The van der Waals surface area contributed by atoms with Crippen molar-refractivity contribution in [3.05, 3.63) is 87.6 Å². The average molecular weight is 427 g/mol. The smallest absolute Gasteiger partial charge is 0.373 e. The van der Waals surface area contributed by atoms with Crippen molar-refractivity contribution in [2.75, 3.05) is 7.11 Å². The minimum Gasteiger partial charge on any atom is -0.463 e. The molecule has 146 valence electrons. The van der Waals surface area contributed by atoms with Gasteiger partial charge in [0.2, 0.25) is 5.76 Å². The van der Waals surface area contributed by atoms with E-state index in [9.17, 15) is 9.59 Å². The van der Waals surface area contributed by atoms with Gasteiger partial charge in [0.25, 0.3) is 5.56 Å². The van der Waals surface area contributed by atoms with Crippen molar-refractivity contribution in [1.29, 1.82) is 0 Å². The van der Waals surface area contributed by atoms with Crippen LogP contribution >= 0.6 is 23.4 Å². The van der Waals surface area contributed by atoms with Crippen LogP contribution in [0.2, 0.25) is 5.02 Å². The molecule has 4 rings (SSSR count). The Kier molecular flexibility index (Phi) is 5.42. The van der Waals surface area contributed by atoms with E-state index in [0.29, 0.717) is 38.3 Å². The van der Waals surface area contributed by atoms with E-state index in [1.54, 1.807) is 48.5 Å². The predicted molar refractivity (Wildman–Crippen MR) is 112 cm³/mol. The number of ether oxygens (including phenoxy) is 1. The third-order valence-electron chi connectivity index (χ3n) is 4.23. The number of hydrogen-bond acceptors (Lipinski definition) is 6. The number of esters is 1. The zero-order valence-electron chi connectivity index (χ0n) is 15.3. The minimum atomic E-state index is -0.543. The number of aromatic nitrogens is 2. The first-order valence-corrected chi connectivity index (χ1v) is 10.0. The molecule has 6 nitrogen and oxygen atoms in total. The molecule has 29 heavy (non-hydrogen) atoms. The van der Waals surface area contributed by atoms with Gasteiger partial charge in [-0.1, -0.05) is 47.6 Å². The molecule has 0 atom stereocenters. The van der Waals surface area contributed by atoms with E-state index < -0.39 is 5.97 Å². The Bertz CT molecular complexity index is 1270. The number of hydrogen-bond donors (Lipinski definition) is 0. The number of halogens is 1. The van der Waals surface area contributed by atoms with Gasteiger partial charge in [-0.05, 0) is 36.4 Å². The van der Waals surface area contributed by atoms with E-state index in [2.05, 4.69) is 9.72 Å². The molecule has 0 spiro atoms. The van der Waals surface area contributed by atoms with Crippen molar-refractivity contribution in [3.63, 3.8) is 0 Å². The summed E-state index contributed by atoms with van der Waals surface area (Å²) in [7, 11) is 1.29. The van der Waals surface area contributed by atoms with Crippen LogP contribution in [0, 0.1) is 0 Å². The van der Waals surface area contributed by atoms with E-state index in [1.165, 1.54) is 23.4 Å². The zero-order chi connectivity index (χ0) is 20.4. The molecule has 0 fully saturated rings. The second kappa shape index (κ2) is 8.14. The van der Waals surface area contributed by atoms with Gasteiger partial charge in [0, 0.05) is 0 Å². The third-order valence-corrected chi connectivity index (χ3v) is 5.51. The van der Waals surface area contributed by atoms with E-state index in [4.69, 9.17) is 16.0 Å². The van der Waals surface area contributed by atoms with Crippen molar-refractivity contribution >= 4 is 40.2 Å². The quantitative estimate of drug-likeness (QED) is 0.261. The Labute approximate surface area is 175 Å². The maximum absolute atomic E-state index is 13.2.